The molecule has 6 heteroatoms. The first-order valence-corrected chi connectivity index (χ1v) is 10.5. The van der Waals surface area contributed by atoms with Gasteiger partial charge in [0, 0.05) is 49.4 Å². The molecule has 1 saturated carbocycles. The van der Waals surface area contributed by atoms with E-state index in [1.807, 2.05) is 18.8 Å². The number of rotatable bonds is 8. The number of benzene rings is 1. The van der Waals surface area contributed by atoms with Crippen LogP contribution in [-0.4, -0.2) is 68.6 Å². The third-order valence-electron chi connectivity index (χ3n) is 4.98. The molecule has 1 heterocycles. The minimum absolute atomic E-state index is 0.332. The molecule has 0 spiro atoms. The number of guanidine groups is 1. The summed E-state index contributed by atoms with van der Waals surface area (Å²) >= 11 is 1.99. The van der Waals surface area contributed by atoms with E-state index < -0.39 is 0 Å². The summed E-state index contributed by atoms with van der Waals surface area (Å²) in [7, 11) is 1.85. The van der Waals surface area contributed by atoms with Gasteiger partial charge in [-0.2, -0.15) is 0 Å². The molecular formula is C20H32N4OS. The van der Waals surface area contributed by atoms with Gasteiger partial charge in [0.25, 0.3) is 0 Å². The highest BCUT2D eigenvalue weighted by Gasteiger charge is 2.43. The molecule has 144 valence electrons. The molecule has 1 aromatic rings. The molecule has 1 aliphatic heterocycles. The molecule has 2 N–H and O–H groups in total. The summed E-state index contributed by atoms with van der Waals surface area (Å²) in [6.07, 6.45) is 2.54. The van der Waals surface area contributed by atoms with E-state index in [9.17, 15) is 0 Å². The quantitative estimate of drug-likeness (QED) is 0.539. The second-order valence-electron chi connectivity index (χ2n) is 7.42. The molecule has 2 aliphatic rings. The Hall–Kier alpha value is -1.24. The van der Waals surface area contributed by atoms with Crippen LogP contribution in [0.3, 0.4) is 0 Å². The molecule has 1 unspecified atom stereocenters. The van der Waals surface area contributed by atoms with Gasteiger partial charge in [0.05, 0.1) is 13.2 Å². The first kappa shape index (κ1) is 19.5. The van der Waals surface area contributed by atoms with E-state index in [1.165, 1.54) is 17.7 Å². The van der Waals surface area contributed by atoms with Crippen LogP contribution < -0.4 is 10.6 Å². The fraction of sp³-hybridized carbons (Fsp3) is 0.650. The van der Waals surface area contributed by atoms with E-state index in [2.05, 4.69) is 57.8 Å². The number of hydrogen-bond donors (Lipinski definition) is 2. The highest BCUT2D eigenvalue weighted by molar-refractivity contribution is 8.01. The van der Waals surface area contributed by atoms with Gasteiger partial charge in [-0.1, -0.05) is 25.1 Å². The van der Waals surface area contributed by atoms with Crippen LogP contribution in [0, 0.1) is 5.92 Å². The fourth-order valence-corrected chi connectivity index (χ4v) is 4.46. The Kier molecular flexibility index (Phi) is 7.23. The molecule has 3 rings (SSSR count). The van der Waals surface area contributed by atoms with Crippen LogP contribution >= 0.6 is 11.8 Å². The summed E-state index contributed by atoms with van der Waals surface area (Å²) in [6, 6.07) is 10.7. The van der Waals surface area contributed by atoms with E-state index in [0.717, 1.165) is 51.9 Å². The minimum Gasteiger partial charge on any atom is -0.379 e. The zero-order valence-electron chi connectivity index (χ0n) is 16.0. The Morgan fingerprint density at radius 1 is 1.23 bits per heavy atom. The predicted molar refractivity (Wildman–Crippen MR) is 110 cm³/mol. The summed E-state index contributed by atoms with van der Waals surface area (Å²) in [5.41, 5.74) is 0. The molecule has 0 amide bonds. The number of ether oxygens (including phenoxy) is 1. The number of aliphatic imine (C=N–C) groups is 1. The average molecular weight is 377 g/mol. The summed E-state index contributed by atoms with van der Waals surface area (Å²) < 4.78 is 5.75. The SMILES string of the molecule is CN=C(NCC(C)CN1CCOCC1)NCC1(Sc2ccccc2)CC1. The zero-order valence-corrected chi connectivity index (χ0v) is 16.9. The van der Waals surface area contributed by atoms with E-state index in [4.69, 9.17) is 4.74 Å². The lowest BCUT2D eigenvalue weighted by molar-refractivity contribution is 0.0320. The van der Waals surface area contributed by atoms with Crippen molar-refractivity contribution in [2.45, 2.75) is 29.4 Å². The van der Waals surface area contributed by atoms with Crippen molar-refractivity contribution in [2.75, 3.05) is 53.0 Å². The third-order valence-corrected chi connectivity index (χ3v) is 6.47. The second kappa shape index (κ2) is 9.62. The lowest BCUT2D eigenvalue weighted by atomic mass is 10.1. The normalized spacial score (nSPS) is 21.2. The lowest BCUT2D eigenvalue weighted by Gasteiger charge is -2.29. The van der Waals surface area contributed by atoms with E-state index in [0.29, 0.717) is 10.7 Å². The number of thioether (sulfide) groups is 1. The van der Waals surface area contributed by atoms with Gasteiger partial charge in [-0.15, -0.1) is 11.8 Å². The number of morpholine rings is 1. The average Bonchev–Trinajstić information content (AvgIpc) is 3.43. The van der Waals surface area contributed by atoms with E-state index in [-0.39, 0.29) is 0 Å². The molecule has 1 saturated heterocycles. The van der Waals surface area contributed by atoms with Crippen molar-refractivity contribution >= 4 is 17.7 Å². The summed E-state index contributed by atoms with van der Waals surface area (Å²) in [6.45, 7) is 9.15. The Morgan fingerprint density at radius 2 is 1.96 bits per heavy atom. The fourth-order valence-electron chi connectivity index (χ4n) is 3.22. The molecule has 0 radical (unpaired) electrons. The van der Waals surface area contributed by atoms with Crippen LogP contribution in [0.5, 0.6) is 0 Å². The monoisotopic (exact) mass is 376 g/mol. The van der Waals surface area contributed by atoms with Gasteiger partial charge in [-0.25, -0.2) is 0 Å². The van der Waals surface area contributed by atoms with Crippen LogP contribution in [0.15, 0.2) is 40.2 Å². The molecule has 1 aromatic carbocycles. The molecule has 0 bridgehead atoms. The van der Waals surface area contributed by atoms with Crippen molar-refractivity contribution in [3.8, 4) is 0 Å². The van der Waals surface area contributed by atoms with Crippen molar-refractivity contribution in [3.05, 3.63) is 30.3 Å². The Bertz CT molecular complexity index is 570. The van der Waals surface area contributed by atoms with Gasteiger partial charge in [0.2, 0.25) is 0 Å². The topological polar surface area (TPSA) is 48.9 Å². The molecule has 5 nitrogen and oxygen atoms in total. The molecule has 2 fully saturated rings. The first-order chi connectivity index (χ1) is 12.7. The maximum Gasteiger partial charge on any atom is 0.191 e. The van der Waals surface area contributed by atoms with Gasteiger partial charge in [0.1, 0.15) is 0 Å². The van der Waals surface area contributed by atoms with E-state index in [1.54, 1.807) is 0 Å². The van der Waals surface area contributed by atoms with Crippen molar-refractivity contribution in [1.82, 2.24) is 15.5 Å². The van der Waals surface area contributed by atoms with Crippen molar-refractivity contribution in [1.29, 1.82) is 0 Å². The molecular weight excluding hydrogens is 344 g/mol. The van der Waals surface area contributed by atoms with Crippen molar-refractivity contribution < 1.29 is 4.74 Å². The Balaban J connectivity index is 1.38. The first-order valence-electron chi connectivity index (χ1n) is 9.68. The predicted octanol–water partition coefficient (Wildman–Crippen LogP) is 2.44. The minimum atomic E-state index is 0.332. The van der Waals surface area contributed by atoms with Gasteiger partial charge >= 0.3 is 0 Å². The van der Waals surface area contributed by atoms with Crippen LogP contribution in [0.2, 0.25) is 0 Å². The smallest absolute Gasteiger partial charge is 0.191 e. The van der Waals surface area contributed by atoms with Crippen molar-refractivity contribution in [3.63, 3.8) is 0 Å². The number of nitrogens with one attached hydrogen (secondary N) is 2. The maximum absolute atomic E-state index is 5.42. The Morgan fingerprint density at radius 3 is 2.62 bits per heavy atom. The maximum atomic E-state index is 5.42. The van der Waals surface area contributed by atoms with Gasteiger partial charge in [0.15, 0.2) is 5.96 Å². The van der Waals surface area contributed by atoms with Gasteiger partial charge in [-0.3, -0.25) is 9.89 Å². The van der Waals surface area contributed by atoms with Crippen LogP contribution in [0.4, 0.5) is 0 Å². The van der Waals surface area contributed by atoms with Crippen LogP contribution in [0.1, 0.15) is 19.8 Å². The van der Waals surface area contributed by atoms with Crippen LogP contribution in [0.25, 0.3) is 0 Å². The molecule has 1 atom stereocenters. The lowest BCUT2D eigenvalue weighted by Crippen LogP contribution is -2.45. The number of hydrogen-bond acceptors (Lipinski definition) is 4. The van der Waals surface area contributed by atoms with Gasteiger partial charge < -0.3 is 15.4 Å². The number of nitrogens with zero attached hydrogens (tertiary/aromatic N) is 2. The summed E-state index contributed by atoms with van der Waals surface area (Å²) in [4.78, 5) is 8.24. The van der Waals surface area contributed by atoms with Crippen LogP contribution in [-0.2, 0) is 4.74 Å². The summed E-state index contributed by atoms with van der Waals surface area (Å²) in [5.74, 6) is 1.50. The molecule has 26 heavy (non-hydrogen) atoms. The molecule has 0 aromatic heterocycles. The second-order valence-corrected chi connectivity index (χ2v) is 8.96. The largest absolute Gasteiger partial charge is 0.379 e. The highest BCUT2D eigenvalue weighted by atomic mass is 32.2. The summed E-state index contributed by atoms with van der Waals surface area (Å²) in [5, 5.41) is 7.03. The highest BCUT2D eigenvalue weighted by Crippen LogP contribution is 2.51. The zero-order chi connectivity index (χ0) is 18.2. The Labute approximate surface area is 162 Å². The molecule has 1 aliphatic carbocycles. The van der Waals surface area contributed by atoms with E-state index >= 15 is 0 Å². The standard InChI is InChI=1S/C20H32N4OS/c1-17(15-24-10-12-25-13-11-24)14-22-19(21-2)23-16-20(8-9-20)26-18-6-4-3-5-7-18/h3-7,17H,8-16H2,1-2H3,(H2,21,22,23). The van der Waals surface area contributed by atoms with Gasteiger partial charge in [-0.05, 0) is 30.9 Å². The third kappa shape index (κ3) is 6.18. The van der Waals surface area contributed by atoms with Crippen molar-refractivity contribution in [2.24, 2.45) is 10.9 Å².